The fraction of sp³-hybridized carbons (Fsp3) is 0.240. The SMILES string of the molecule is CCc1ccc(OCCNC(=O)CN(c2cccc(Br)c2)S(=O)(=O)c2ccc(C)cc2)cc1. The second kappa shape index (κ2) is 11.3. The quantitative estimate of drug-likeness (QED) is 0.385. The third-order valence-electron chi connectivity index (χ3n) is 5.02. The van der Waals surface area contributed by atoms with E-state index in [1.54, 1.807) is 48.5 Å². The Morgan fingerprint density at radius 2 is 1.73 bits per heavy atom. The predicted octanol–water partition coefficient (Wildman–Crippen LogP) is 4.71. The molecule has 0 spiro atoms. The van der Waals surface area contributed by atoms with Gasteiger partial charge in [-0.3, -0.25) is 9.10 Å². The van der Waals surface area contributed by atoms with E-state index in [9.17, 15) is 13.2 Å². The molecule has 0 radical (unpaired) electrons. The molecule has 3 aromatic rings. The van der Waals surface area contributed by atoms with Gasteiger partial charge in [0, 0.05) is 4.47 Å². The van der Waals surface area contributed by atoms with Crippen LogP contribution in [0, 0.1) is 6.92 Å². The molecule has 0 unspecified atom stereocenters. The monoisotopic (exact) mass is 530 g/mol. The molecular formula is C25H27BrN2O4S. The molecule has 0 heterocycles. The Kier molecular flexibility index (Phi) is 8.52. The highest BCUT2D eigenvalue weighted by atomic mass is 79.9. The highest BCUT2D eigenvalue weighted by molar-refractivity contribution is 9.10. The molecule has 0 aliphatic rings. The molecule has 0 fully saturated rings. The normalized spacial score (nSPS) is 11.1. The van der Waals surface area contributed by atoms with Crippen LogP contribution in [0.1, 0.15) is 18.1 Å². The number of hydrogen-bond donors (Lipinski definition) is 1. The van der Waals surface area contributed by atoms with Gasteiger partial charge in [0.2, 0.25) is 5.91 Å². The van der Waals surface area contributed by atoms with E-state index in [-0.39, 0.29) is 24.6 Å². The minimum Gasteiger partial charge on any atom is -0.492 e. The first-order chi connectivity index (χ1) is 15.8. The first kappa shape index (κ1) is 24.8. The molecule has 8 heteroatoms. The van der Waals surface area contributed by atoms with Crippen LogP contribution in [-0.4, -0.2) is 34.0 Å². The number of sulfonamides is 1. The molecule has 0 saturated heterocycles. The van der Waals surface area contributed by atoms with Crippen LogP contribution in [0.3, 0.4) is 0 Å². The predicted molar refractivity (Wildman–Crippen MR) is 134 cm³/mol. The maximum Gasteiger partial charge on any atom is 0.264 e. The summed E-state index contributed by atoms with van der Waals surface area (Å²) in [5.41, 5.74) is 2.57. The first-order valence-electron chi connectivity index (χ1n) is 10.6. The molecule has 0 saturated carbocycles. The van der Waals surface area contributed by atoms with Crippen molar-refractivity contribution in [1.82, 2.24) is 5.32 Å². The van der Waals surface area contributed by atoms with Crippen molar-refractivity contribution in [2.24, 2.45) is 0 Å². The maximum atomic E-state index is 13.4. The summed E-state index contributed by atoms with van der Waals surface area (Å²) >= 11 is 3.37. The number of aryl methyl sites for hydroxylation is 2. The van der Waals surface area contributed by atoms with Crippen LogP contribution in [0.2, 0.25) is 0 Å². The molecule has 0 atom stereocenters. The van der Waals surface area contributed by atoms with Crippen LogP contribution in [0.15, 0.2) is 82.2 Å². The van der Waals surface area contributed by atoms with Gasteiger partial charge in [0.05, 0.1) is 17.1 Å². The topological polar surface area (TPSA) is 75.7 Å². The van der Waals surface area contributed by atoms with Crippen LogP contribution in [0.25, 0.3) is 0 Å². The number of halogens is 1. The lowest BCUT2D eigenvalue weighted by molar-refractivity contribution is -0.119. The number of rotatable bonds is 10. The van der Waals surface area contributed by atoms with Crippen LogP contribution in [-0.2, 0) is 21.2 Å². The van der Waals surface area contributed by atoms with Crippen molar-refractivity contribution in [3.8, 4) is 5.75 Å². The van der Waals surface area contributed by atoms with Gasteiger partial charge in [0.1, 0.15) is 18.9 Å². The molecule has 0 aliphatic heterocycles. The average molecular weight is 531 g/mol. The average Bonchev–Trinajstić information content (AvgIpc) is 2.81. The summed E-state index contributed by atoms with van der Waals surface area (Å²) in [7, 11) is -3.94. The van der Waals surface area contributed by atoms with Crippen LogP contribution < -0.4 is 14.4 Å². The number of ether oxygens (including phenoxy) is 1. The lowest BCUT2D eigenvalue weighted by Crippen LogP contribution is -2.41. The second-order valence-corrected chi connectivity index (χ2v) is 10.3. The van der Waals surface area contributed by atoms with Crippen molar-refractivity contribution in [3.63, 3.8) is 0 Å². The fourth-order valence-corrected chi connectivity index (χ4v) is 4.95. The largest absolute Gasteiger partial charge is 0.492 e. The van der Waals surface area contributed by atoms with E-state index >= 15 is 0 Å². The zero-order valence-electron chi connectivity index (χ0n) is 18.6. The summed E-state index contributed by atoms with van der Waals surface area (Å²) in [5.74, 6) is 0.301. The Morgan fingerprint density at radius 3 is 2.36 bits per heavy atom. The molecule has 1 N–H and O–H groups in total. The van der Waals surface area contributed by atoms with Gasteiger partial charge >= 0.3 is 0 Å². The van der Waals surface area contributed by atoms with Crippen LogP contribution in [0.5, 0.6) is 5.75 Å². The maximum absolute atomic E-state index is 13.4. The Balaban J connectivity index is 1.68. The molecule has 6 nitrogen and oxygen atoms in total. The van der Waals surface area contributed by atoms with Gasteiger partial charge in [-0.25, -0.2) is 8.42 Å². The highest BCUT2D eigenvalue weighted by Gasteiger charge is 2.27. The van der Waals surface area contributed by atoms with Gasteiger partial charge in [-0.1, -0.05) is 58.7 Å². The standard InChI is InChI=1S/C25H27BrN2O4S/c1-3-20-9-11-23(12-10-20)32-16-15-27-25(29)18-28(22-6-4-5-21(26)17-22)33(30,31)24-13-7-19(2)8-14-24/h4-14,17H,3,15-16,18H2,1-2H3,(H,27,29). The van der Waals surface area contributed by atoms with Gasteiger partial charge < -0.3 is 10.1 Å². The van der Waals surface area contributed by atoms with E-state index in [0.29, 0.717) is 10.2 Å². The molecule has 0 aromatic heterocycles. The highest BCUT2D eigenvalue weighted by Crippen LogP contribution is 2.26. The molecule has 3 aromatic carbocycles. The van der Waals surface area contributed by atoms with Gasteiger partial charge in [0.15, 0.2) is 0 Å². The lowest BCUT2D eigenvalue weighted by Gasteiger charge is -2.24. The third kappa shape index (κ3) is 6.82. The molecule has 33 heavy (non-hydrogen) atoms. The summed E-state index contributed by atoms with van der Waals surface area (Å²) in [4.78, 5) is 12.8. The van der Waals surface area contributed by atoms with Crippen molar-refractivity contribution in [2.75, 3.05) is 24.0 Å². The number of anilines is 1. The van der Waals surface area contributed by atoms with Gasteiger partial charge in [-0.2, -0.15) is 0 Å². The van der Waals surface area contributed by atoms with Crippen molar-refractivity contribution in [3.05, 3.63) is 88.4 Å². The molecule has 0 aliphatic carbocycles. The number of hydrogen-bond acceptors (Lipinski definition) is 4. The first-order valence-corrected chi connectivity index (χ1v) is 12.9. The number of carbonyl (C=O) groups is 1. The Hall–Kier alpha value is -2.84. The minimum atomic E-state index is -3.94. The summed E-state index contributed by atoms with van der Waals surface area (Å²) in [6.07, 6.45) is 0.955. The van der Waals surface area contributed by atoms with E-state index in [1.807, 2.05) is 31.2 Å². The Bertz CT molecular complexity index is 1180. The Labute approximate surface area is 203 Å². The van der Waals surface area contributed by atoms with Gasteiger partial charge in [-0.05, 0) is 61.4 Å². The van der Waals surface area contributed by atoms with Gasteiger partial charge in [-0.15, -0.1) is 0 Å². The fourth-order valence-electron chi connectivity index (χ4n) is 3.15. The molecule has 174 valence electrons. The smallest absolute Gasteiger partial charge is 0.264 e. The summed E-state index contributed by atoms with van der Waals surface area (Å²) in [6, 6.07) is 21.2. The summed E-state index contributed by atoms with van der Waals surface area (Å²) in [5, 5.41) is 2.74. The van der Waals surface area contributed by atoms with E-state index in [4.69, 9.17) is 4.74 Å². The molecule has 1 amide bonds. The summed E-state index contributed by atoms with van der Waals surface area (Å²) in [6.45, 7) is 4.15. The Morgan fingerprint density at radius 1 is 1.03 bits per heavy atom. The van der Waals surface area contributed by atoms with Crippen molar-refractivity contribution >= 4 is 37.5 Å². The number of carbonyl (C=O) groups excluding carboxylic acids is 1. The second-order valence-electron chi connectivity index (χ2n) is 7.50. The zero-order chi connectivity index (χ0) is 23.8. The van der Waals surface area contributed by atoms with Crippen LogP contribution in [0.4, 0.5) is 5.69 Å². The van der Waals surface area contributed by atoms with Crippen molar-refractivity contribution < 1.29 is 17.9 Å². The zero-order valence-corrected chi connectivity index (χ0v) is 21.0. The number of amides is 1. The van der Waals surface area contributed by atoms with Crippen molar-refractivity contribution in [1.29, 1.82) is 0 Å². The molecular weight excluding hydrogens is 504 g/mol. The van der Waals surface area contributed by atoms with E-state index in [2.05, 4.69) is 28.2 Å². The molecule has 3 rings (SSSR count). The van der Waals surface area contributed by atoms with Crippen LogP contribution >= 0.6 is 15.9 Å². The number of nitrogens with zero attached hydrogens (tertiary/aromatic N) is 1. The minimum absolute atomic E-state index is 0.125. The third-order valence-corrected chi connectivity index (χ3v) is 7.30. The van der Waals surface area contributed by atoms with E-state index in [0.717, 1.165) is 22.0 Å². The van der Waals surface area contributed by atoms with Crippen molar-refractivity contribution in [2.45, 2.75) is 25.2 Å². The molecule has 0 bridgehead atoms. The summed E-state index contributed by atoms with van der Waals surface area (Å²) < 4.78 is 34.2. The van der Waals surface area contributed by atoms with E-state index in [1.165, 1.54) is 5.56 Å². The van der Waals surface area contributed by atoms with E-state index < -0.39 is 15.9 Å². The lowest BCUT2D eigenvalue weighted by atomic mass is 10.2. The number of benzene rings is 3. The number of nitrogens with one attached hydrogen (secondary N) is 1. The van der Waals surface area contributed by atoms with Gasteiger partial charge in [0.25, 0.3) is 10.0 Å².